The molecule has 1 aromatic rings. The predicted molar refractivity (Wildman–Crippen MR) is 104 cm³/mol. The normalized spacial score (nSPS) is 15.3. The molecular formula is C19H22N2O6S. The van der Waals surface area contributed by atoms with Crippen molar-refractivity contribution < 1.29 is 28.7 Å². The van der Waals surface area contributed by atoms with E-state index in [0.29, 0.717) is 17.9 Å². The molecule has 0 aromatic heterocycles. The minimum absolute atomic E-state index is 0.201. The lowest BCUT2D eigenvalue weighted by molar-refractivity contribution is -0.142. The lowest BCUT2D eigenvalue weighted by Crippen LogP contribution is -2.40. The van der Waals surface area contributed by atoms with Crippen LogP contribution in [0.2, 0.25) is 0 Å². The Balaban J connectivity index is 1.98. The molecular weight excluding hydrogens is 384 g/mol. The van der Waals surface area contributed by atoms with Gasteiger partial charge in [0.2, 0.25) is 5.91 Å². The van der Waals surface area contributed by atoms with Gasteiger partial charge < -0.3 is 14.8 Å². The van der Waals surface area contributed by atoms with Crippen LogP contribution < -0.4 is 10.1 Å². The van der Waals surface area contributed by atoms with Gasteiger partial charge in [-0.3, -0.25) is 19.3 Å². The van der Waals surface area contributed by atoms with Crippen LogP contribution in [0.15, 0.2) is 29.2 Å². The molecule has 3 amide bonds. The van der Waals surface area contributed by atoms with Crippen molar-refractivity contribution in [1.29, 1.82) is 0 Å². The molecule has 0 saturated carbocycles. The van der Waals surface area contributed by atoms with Crippen molar-refractivity contribution in [3.8, 4) is 5.75 Å². The molecule has 0 aliphatic carbocycles. The minimum atomic E-state index is -0.499. The lowest BCUT2D eigenvalue weighted by Gasteiger charge is -2.13. The predicted octanol–water partition coefficient (Wildman–Crippen LogP) is 2.05. The summed E-state index contributed by atoms with van der Waals surface area (Å²) in [6.07, 6.45) is 1.57. The van der Waals surface area contributed by atoms with Gasteiger partial charge in [0.25, 0.3) is 11.1 Å². The van der Waals surface area contributed by atoms with E-state index in [9.17, 15) is 19.2 Å². The molecule has 8 nitrogen and oxygen atoms in total. The van der Waals surface area contributed by atoms with E-state index in [-0.39, 0.29) is 29.9 Å². The second-order valence-electron chi connectivity index (χ2n) is 6.40. The van der Waals surface area contributed by atoms with Gasteiger partial charge in [0, 0.05) is 6.54 Å². The number of hydrogen-bond acceptors (Lipinski definition) is 7. The van der Waals surface area contributed by atoms with Crippen molar-refractivity contribution in [2.45, 2.75) is 13.8 Å². The van der Waals surface area contributed by atoms with Crippen LogP contribution in [0.1, 0.15) is 19.4 Å². The average molecular weight is 406 g/mol. The Morgan fingerprint density at radius 1 is 1.21 bits per heavy atom. The second-order valence-corrected chi connectivity index (χ2v) is 7.39. The van der Waals surface area contributed by atoms with Crippen LogP contribution in [0.3, 0.4) is 0 Å². The highest BCUT2D eigenvalue weighted by Crippen LogP contribution is 2.32. The molecule has 2 rings (SSSR count). The fourth-order valence-corrected chi connectivity index (χ4v) is 3.00. The van der Waals surface area contributed by atoms with Gasteiger partial charge in [0.15, 0.2) is 6.61 Å². The summed E-state index contributed by atoms with van der Waals surface area (Å²) in [5.41, 5.74) is 0.681. The van der Waals surface area contributed by atoms with Crippen molar-refractivity contribution in [2.75, 3.05) is 26.8 Å². The van der Waals surface area contributed by atoms with Crippen molar-refractivity contribution in [3.63, 3.8) is 0 Å². The Kier molecular flexibility index (Phi) is 7.62. The van der Waals surface area contributed by atoms with Crippen LogP contribution in [0.5, 0.6) is 5.75 Å². The van der Waals surface area contributed by atoms with E-state index in [4.69, 9.17) is 4.74 Å². The summed E-state index contributed by atoms with van der Waals surface area (Å²) in [5, 5.41) is 2.21. The number of rotatable bonds is 8. The molecule has 0 radical (unpaired) electrons. The van der Waals surface area contributed by atoms with Crippen molar-refractivity contribution >= 4 is 40.9 Å². The number of amides is 3. The van der Waals surface area contributed by atoms with Crippen molar-refractivity contribution in [2.24, 2.45) is 5.92 Å². The number of benzene rings is 1. The number of thioether (sulfide) groups is 1. The summed E-state index contributed by atoms with van der Waals surface area (Å²) in [6.45, 7) is 3.89. The average Bonchev–Trinajstić information content (AvgIpc) is 2.92. The fraction of sp³-hybridized carbons (Fsp3) is 0.368. The first-order valence-corrected chi connectivity index (χ1v) is 9.43. The Bertz CT molecular complexity index is 788. The lowest BCUT2D eigenvalue weighted by atomic mass is 10.2. The zero-order valence-corrected chi connectivity index (χ0v) is 16.7. The first-order chi connectivity index (χ1) is 13.3. The maximum atomic E-state index is 12.4. The molecule has 1 saturated heterocycles. The van der Waals surface area contributed by atoms with Gasteiger partial charge in [0.1, 0.15) is 12.3 Å². The smallest absolute Gasteiger partial charge is 0.343 e. The monoisotopic (exact) mass is 406 g/mol. The molecule has 0 bridgehead atoms. The van der Waals surface area contributed by atoms with Crippen LogP contribution >= 0.6 is 11.8 Å². The molecule has 0 atom stereocenters. The third kappa shape index (κ3) is 6.12. The largest absolute Gasteiger partial charge is 0.482 e. The highest BCUT2D eigenvalue weighted by atomic mass is 32.2. The summed E-state index contributed by atoms with van der Waals surface area (Å²) >= 11 is 0.790. The molecule has 28 heavy (non-hydrogen) atoms. The second kappa shape index (κ2) is 9.93. The van der Waals surface area contributed by atoms with E-state index in [1.807, 2.05) is 13.8 Å². The van der Waals surface area contributed by atoms with Crippen molar-refractivity contribution in [3.05, 3.63) is 34.7 Å². The first kappa shape index (κ1) is 21.5. The van der Waals surface area contributed by atoms with E-state index in [1.54, 1.807) is 30.3 Å². The zero-order valence-electron chi connectivity index (χ0n) is 15.9. The molecule has 150 valence electrons. The van der Waals surface area contributed by atoms with E-state index < -0.39 is 17.1 Å². The molecule has 0 spiro atoms. The molecule has 1 aliphatic rings. The zero-order chi connectivity index (χ0) is 20.7. The highest BCUT2D eigenvalue weighted by molar-refractivity contribution is 8.18. The van der Waals surface area contributed by atoms with Gasteiger partial charge in [-0.1, -0.05) is 26.0 Å². The molecule has 1 N–H and O–H groups in total. The van der Waals surface area contributed by atoms with E-state index in [1.165, 1.54) is 7.11 Å². The quantitative estimate of drug-likeness (QED) is 0.521. The number of nitrogens with zero attached hydrogens (tertiary/aromatic N) is 1. The number of hydrogen-bond donors (Lipinski definition) is 1. The number of imide groups is 1. The maximum absolute atomic E-state index is 12.4. The highest BCUT2D eigenvalue weighted by Gasteiger charge is 2.36. The van der Waals surface area contributed by atoms with Gasteiger partial charge in [-0.15, -0.1) is 0 Å². The standard InChI is InChI=1S/C19H22N2O6S/c1-12(2)9-20-16(22)10-21-18(24)15(28-19(21)25)8-13-4-6-14(7-5-13)27-11-17(23)26-3/h4-8,12H,9-11H2,1-3H3,(H,20,22)/b15-8-. The van der Waals surface area contributed by atoms with Gasteiger partial charge in [-0.05, 0) is 41.5 Å². The maximum Gasteiger partial charge on any atom is 0.343 e. The molecule has 1 aliphatic heterocycles. The summed E-state index contributed by atoms with van der Waals surface area (Å²) < 4.78 is 9.74. The molecule has 1 fully saturated rings. The Morgan fingerprint density at radius 3 is 2.50 bits per heavy atom. The number of esters is 1. The van der Waals surface area contributed by atoms with Crippen LogP contribution in [0, 0.1) is 5.92 Å². The topological polar surface area (TPSA) is 102 Å². The summed E-state index contributed by atoms with van der Waals surface area (Å²) in [5.74, 6) is -0.615. The number of methoxy groups -OCH3 is 1. The van der Waals surface area contributed by atoms with E-state index >= 15 is 0 Å². The van der Waals surface area contributed by atoms with Crippen LogP contribution in [-0.4, -0.2) is 54.7 Å². The number of nitrogens with one attached hydrogen (secondary N) is 1. The fourth-order valence-electron chi connectivity index (χ4n) is 2.17. The molecule has 1 aromatic carbocycles. The number of carbonyl (C=O) groups excluding carboxylic acids is 4. The first-order valence-electron chi connectivity index (χ1n) is 8.62. The number of ether oxygens (including phenoxy) is 2. The summed E-state index contributed by atoms with van der Waals surface area (Å²) in [4.78, 5) is 48.6. The summed E-state index contributed by atoms with van der Waals surface area (Å²) in [7, 11) is 1.27. The molecule has 1 heterocycles. The third-order valence-electron chi connectivity index (χ3n) is 3.65. The van der Waals surface area contributed by atoms with Gasteiger partial charge >= 0.3 is 5.97 Å². The third-order valence-corrected chi connectivity index (χ3v) is 4.55. The van der Waals surface area contributed by atoms with E-state index in [2.05, 4.69) is 10.1 Å². The Labute approximate surface area is 167 Å². The molecule has 0 unspecified atom stereocenters. The number of carbonyl (C=O) groups is 4. The van der Waals surface area contributed by atoms with Gasteiger partial charge in [-0.2, -0.15) is 0 Å². The van der Waals surface area contributed by atoms with Gasteiger partial charge in [0.05, 0.1) is 12.0 Å². The molecule has 9 heteroatoms. The van der Waals surface area contributed by atoms with Crippen LogP contribution in [0.25, 0.3) is 6.08 Å². The van der Waals surface area contributed by atoms with Crippen molar-refractivity contribution in [1.82, 2.24) is 10.2 Å². The Hall–Kier alpha value is -2.81. The van der Waals surface area contributed by atoms with E-state index in [0.717, 1.165) is 16.7 Å². The Morgan fingerprint density at radius 2 is 1.89 bits per heavy atom. The van der Waals surface area contributed by atoms with Gasteiger partial charge in [-0.25, -0.2) is 4.79 Å². The van der Waals surface area contributed by atoms with Crippen LogP contribution in [-0.2, 0) is 19.1 Å². The van der Waals surface area contributed by atoms with Crippen LogP contribution in [0.4, 0.5) is 4.79 Å². The summed E-state index contributed by atoms with van der Waals surface area (Å²) in [6, 6.07) is 6.66. The minimum Gasteiger partial charge on any atom is -0.482 e. The SMILES string of the molecule is COC(=O)COc1ccc(/C=C2\SC(=O)N(CC(=O)NCC(C)C)C2=O)cc1.